The van der Waals surface area contributed by atoms with Crippen LogP contribution in [0, 0.1) is 11.8 Å². The summed E-state index contributed by atoms with van der Waals surface area (Å²) in [5.41, 5.74) is 0. The van der Waals surface area contributed by atoms with Crippen molar-refractivity contribution < 1.29 is 4.79 Å². The number of hydrogen-bond donors (Lipinski definition) is 2. The number of nitrogens with one attached hydrogen (secondary N) is 2. The minimum atomic E-state index is 0.00298. The number of guanidine groups is 1. The maximum absolute atomic E-state index is 11.7. The summed E-state index contributed by atoms with van der Waals surface area (Å²) in [7, 11) is 3.49. The number of rotatable bonds is 6. The van der Waals surface area contributed by atoms with Crippen LogP contribution in [0.25, 0.3) is 0 Å². The molecule has 1 amide bonds. The lowest BCUT2D eigenvalue weighted by atomic mass is 9.80. The Hall–Kier alpha value is -1.52. The normalized spacial score (nSPS) is 22.3. The second-order valence-corrected chi connectivity index (χ2v) is 6.62. The maximum Gasteiger partial charge on any atom is 0.243 e. The first-order valence-corrected chi connectivity index (χ1v) is 8.30. The average Bonchev–Trinajstić information content (AvgIpc) is 2.49. The molecule has 0 heterocycles. The van der Waals surface area contributed by atoms with Gasteiger partial charge in [-0.25, -0.2) is 4.99 Å². The van der Waals surface area contributed by atoms with E-state index in [0.717, 1.165) is 11.8 Å². The van der Waals surface area contributed by atoms with Crippen LogP contribution in [0.15, 0.2) is 17.6 Å². The van der Waals surface area contributed by atoms with E-state index in [0.29, 0.717) is 18.5 Å². The molecule has 0 aromatic heterocycles. The van der Waals surface area contributed by atoms with E-state index in [1.165, 1.54) is 25.7 Å². The first-order chi connectivity index (χ1) is 10.4. The molecule has 0 spiro atoms. The van der Waals surface area contributed by atoms with Crippen molar-refractivity contribution in [1.82, 2.24) is 15.5 Å². The Bertz CT molecular complexity index is 382. The molecule has 0 radical (unpaired) electrons. The summed E-state index contributed by atoms with van der Waals surface area (Å²) in [6.07, 6.45) is 6.65. The second kappa shape index (κ2) is 9.49. The van der Waals surface area contributed by atoms with E-state index in [2.05, 4.69) is 36.1 Å². The molecule has 1 rings (SSSR count). The van der Waals surface area contributed by atoms with Crippen molar-refractivity contribution in [2.24, 2.45) is 16.8 Å². The van der Waals surface area contributed by atoms with Crippen LogP contribution in [0.3, 0.4) is 0 Å². The number of carbonyl (C=O) groups is 1. The van der Waals surface area contributed by atoms with Crippen molar-refractivity contribution in [3.05, 3.63) is 12.7 Å². The van der Waals surface area contributed by atoms with Gasteiger partial charge in [-0.1, -0.05) is 19.9 Å². The SMILES string of the molecule is C=CCNC(=NCC(=O)N(C)C)NC1CCC(C(C)C)CC1. The Labute approximate surface area is 135 Å². The van der Waals surface area contributed by atoms with Crippen LogP contribution in [0.2, 0.25) is 0 Å². The first-order valence-electron chi connectivity index (χ1n) is 8.30. The molecule has 1 fully saturated rings. The van der Waals surface area contributed by atoms with Gasteiger partial charge in [0.05, 0.1) is 0 Å². The predicted octanol–water partition coefficient (Wildman–Crippen LogP) is 2.01. The number of amides is 1. The summed E-state index contributed by atoms with van der Waals surface area (Å²) in [6, 6.07) is 0.445. The van der Waals surface area contributed by atoms with Gasteiger partial charge in [0.25, 0.3) is 0 Å². The Balaban J connectivity index is 2.52. The van der Waals surface area contributed by atoms with Crippen molar-refractivity contribution in [3.63, 3.8) is 0 Å². The molecule has 0 aliphatic heterocycles. The maximum atomic E-state index is 11.7. The molecular formula is C17H32N4O. The smallest absolute Gasteiger partial charge is 0.243 e. The lowest BCUT2D eigenvalue weighted by Crippen LogP contribution is -2.45. The molecule has 5 heteroatoms. The summed E-state index contributed by atoms with van der Waals surface area (Å²) in [5, 5.41) is 6.66. The van der Waals surface area contributed by atoms with Crippen molar-refractivity contribution in [1.29, 1.82) is 0 Å². The van der Waals surface area contributed by atoms with Gasteiger partial charge < -0.3 is 15.5 Å². The molecule has 0 saturated heterocycles. The van der Waals surface area contributed by atoms with Gasteiger partial charge in [0, 0.05) is 26.7 Å². The zero-order valence-electron chi connectivity index (χ0n) is 14.6. The molecule has 0 atom stereocenters. The highest BCUT2D eigenvalue weighted by atomic mass is 16.2. The first kappa shape index (κ1) is 18.5. The Morgan fingerprint density at radius 3 is 2.45 bits per heavy atom. The number of nitrogens with zero attached hydrogens (tertiary/aromatic N) is 2. The predicted molar refractivity (Wildman–Crippen MR) is 92.9 cm³/mol. The van der Waals surface area contributed by atoms with Crippen molar-refractivity contribution in [3.8, 4) is 0 Å². The van der Waals surface area contributed by atoms with E-state index in [9.17, 15) is 4.79 Å². The quantitative estimate of drug-likeness (QED) is 0.448. The molecule has 0 aromatic rings. The molecule has 0 bridgehead atoms. The van der Waals surface area contributed by atoms with E-state index in [4.69, 9.17) is 0 Å². The molecule has 126 valence electrons. The van der Waals surface area contributed by atoms with E-state index in [-0.39, 0.29) is 12.5 Å². The Kier molecular flexibility index (Phi) is 7.99. The lowest BCUT2D eigenvalue weighted by molar-refractivity contribution is -0.127. The molecule has 0 unspecified atom stereocenters. The van der Waals surface area contributed by atoms with E-state index >= 15 is 0 Å². The molecule has 2 N–H and O–H groups in total. The summed E-state index contributed by atoms with van der Waals surface area (Å²) in [4.78, 5) is 17.6. The van der Waals surface area contributed by atoms with Gasteiger partial charge in [-0.15, -0.1) is 6.58 Å². The van der Waals surface area contributed by atoms with Gasteiger partial charge in [-0.2, -0.15) is 0 Å². The zero-order valence-corrected chi connectivity index (χ0v) is 14.6. The largest absolute Gasteiger partial charge is 0.354 e. The van der Waals surface area contributed by atoms with Crippen LogP contribution < -0.4 is 10.6 Å². The monoisotopic (exact) mass is 308 g/mol. The van der Waals surface area contributed by atoms with E-state index in [1.54, 1.807) is 25.1 Å². The van der Waals surface area contributed by atoms with Gasteiger partial charge in [0.15, 0.2) is 5.96 Å². The third kappa shape index (κ3) is 6.50. The number of hydrogen-bond acceptors (Lipinski definition) is 2. The highest BCUT2D eigenvalue weighted by molar-refractivity contribution is 5.85. The number of aliphatic imine (C=N–C) groups is 1. The lowest BCUT2D eigenvalue weighted by Gasteiger charge is -2.32. The van der Waals surface area contributed by atoms with Crippen molar-refractivity contribution in [2.75, 3.05) is 27.2 Å². The van der Waals surface area contributed by atoms with Crippen LogP contribution in [0.4, 0.5) is 0 Å². The van der Waals surface area contributed by atoms with Crippen LogP contribution >= 0.6 is 0 Å². The molecular weight excluding hydrogens is 276 g/mol. The fraction of sp³-hybridized carbons (Fsp3) is 0.765. The standard InChI is InChI=1S/C17H32N4O/c1-6-11-18-17(19-12-16(22)21(4)5)20-15-9-7-14(8-10-15)13(2)3/h6,13-15H,1,7-12H2,2-5H3,(H2,18,19,20). The summed E-state index contributed by atoms with van der Waals surface area (Å²) in [5.74, 6) is 2.33. The van der Waals surface area contributed by atoms with Gasteiger partial charge in [0.1, 0.15) is 6.54 Å². The van der Waals surface area contributed by atoms with Crippen LogP contribution in [-0.4, -0.2) is 50.0 Å². The molecule has 1 aliphatic rings. The number of carbonyl (C=O) groups excluding carboxylic acids is 1. The minimum Gasteiger partial charge on any atom is -0.354 e. The zero-order chi connectivity index (χ0) is 16.5. The molecule has 1 saturated carbocycles. The average molecular weight is 308 g/mol. The van der Waals surface area contributed by atoms with Gasteiger partial charge >= 0.3 is 0 Å². The van der Waals surface area contributed by atoms with Gasteiger partial charge in [-0.05, 0) is 37.5 Å². The molecule has 0 aromatic carbocycles. The highest BCUT2D eigenvalue weighted by Gasteiger charge is 2.23. The topological polar surface area (TPSA) is 56.7 Å². The molecule has 22 heavy (non-hydrogen) atoms. The van der Waals surface area contributed by atoms with Gasteiger partial charge in [0.2, 0.25) is 5.91 Å². The second-order valence-electron chi connectivity index (χ2n) is 6.62. The Morgan fingerprint density at radius 2 is 1.95 bits per heavy atom. The number of likely N-dealkylation sites (N-methyl/N-ethyl adjacent to an activating group) is 1. The third-order valence-electron chi connectivity index (χ3n) is 4.34. The summed E-state index contributed by atoms with van der Waals surface area (Å²) >= 11 is 0. The van der Waals surface area contributed by atoms with E-state index in [1.807, 2.05) is 0 Å². The van der Waals surface area contributed by atoms with Crippen molar-refractivity contribution in [2.45, 2.75) is 45.6 Å². The van der Waals surface area contributed by atoms with Gasteiger partial charge in [-0.3, -0.25) is 4.79 Å². The fourth-order valence-electron chi connectivity index (χ4n) is 2.73. The van der Waals surface area contributed by atoms with E-state index < -0.39 is 0 Å². The third-order valence-corrected chi connectivity index (χ3v) is 4.34. The highest BCUT2D eigenvalue weighted by Crippen LogP contribution is 2.29. The molecule has 1 aliphatic carbocycles. The van der Waals surface area contributed by atoms with Crippen LogP contribution in [0.5, 0.6) is 0 Å². The summed E-state index contributed by atoms with van der Waals surface area (Å²) in [6.45, 7) is 9.14. The summed E-state index contributed by atoms with van der Waals surface area (Å²) < 4.78 is 0. The Morgan fingerprint density at radius 1 is 1.32 bits per heavy atom. The van der Waals surface area contributed by atoms with Crippen molar-refractivity contribution >= 4 is 11.9 Å². The fourth-order valence-corrected chi connectivity index (χ4v) is 2.73. The van der Waals surface area contributed by atoms with Crippen LogP contribution in [0.1, 0.15) is 39.5 Å². The minimum absolute atomic E-state index is 0.00298. The molecule has 5 nitrogen and oxygen atoms in total. The van der Waals surface area contributed by atoms with Crippen LogP contribution in [-0.2, 0) is 4.79 Å².